The Bertz CT molecular complexity index is 1390. The zero-order valence-electron chi connectivity index (χ0n) is 21.6. The van der Waals surface area contributed by atoms with Crippen molar-refractivity contribution in [1.82, 2.24) is 14.9 Å². The summed E-state index contributed by atoms with van der Waals surface area (Å²) in [4.78, 5) is 11.8. The molecule has 8 heteroatoms. The molecule has 1 atom stereocenters. The number of anilines is 2. The van der Waals surface area contributed by atoms with Crippen molar-refractivity contribution in [3.8, 4) is 23.1 Å². The summed E-state index contributed by atoms with van der Waals surface area (Å²) in [5, 5.41) is 23.8. The molecule has 2 heterocycles. The van der Waals surface area contributed by atoms with Crippen molar-refractivity contribution in [1.29, 1.82) is 5.26 Å². The summed E-state index contributed by atoms with van der Waals surface area (Å²) in [5.41, 5.74) is 4.60. The van der Waals surface area contributed by atoms with Gasteiger partial charge in [-0.25, -0.2) is 9.97 Å². The van der Waals surface area contributed by atoms with E-state index in [0.717, 1.165) is 72.9 Å². The number of piperidine rings is 1. The summed E-state index contributed by atoms with van der Waals surface area (Å²) in [7, 11) is 0. The number of aliphatic hydroxyl groups excluding tert-OH is 1. The second kappa shape index (κ2) is 10.2. The number of hydrogen-bond acceptors (Lipinski definition) is 7. The van der Waals surface area contributed by atoms with Crippen molar-refractivity contribution in [3.05, 3.63) is 64.3 Å². The number of benzene rings is 2. The Hall–Kier alpha value is -3.18. The van der Waals surface area contributed by atoms with Crippen molar-refractivity contribution in [3.63, 3.8) is 0 Å². The topological polar surface area (TPSA) is 94.3 Å². The SMILES string of the molecule is CC1(CO)CCc2c(C#N)cc(-c3ccnc(Nc4cc(Cl)ccc4OC4CCN(C5CC5)CC4)n3)cc21. The van der Waals surface area contributed by atoms with Crippen LogP contribution in [0.1, 0.15) is 55.7 Å². The number of ether oxygens (including phenoxy) is 1. The molecule has 0 amide bonds. The van der Waals surface area contributed by atoms with E-state index in [9.17, 15) is 10.4 Å². The first-order valence-corrected chi connectivity index (χ1v) is 13.8. The molecule has 3 aliphatic rings. The van der Waals surface area contributed by atoms with Gasteiger partial charge in [0.1, 0.15) is 11.9 Å². The lowest BCUT2D eigenvalue weighted by Gasteiger charge is -2.32. The third-order valence-corrected chi connectivity index (χ3v) is 8.50. The van der Waals surface area contributed by atoms with Crippen LogP contribution in [0, 0.1) is 11.3 Å². The molecule has 1 aliphatic heterocycles. The highest BCUT2D eigenvalue weighted by Gasteiger charge is 2.36. The van der Waals surface area contributed by atoms with Gasteiger partial charge < -0.3 is 20.1 Å². The minimum Gasteiger partial charge on any atom is -0.488 e. The van der Waals surface area contributed by atoms with Crippen LogP contribution in [-0.2, 0) is 11.8 Å². The highest BCUT2D eigenvalue weighted by Crippen LogP contribution is 2.42. The first-order valence-electron chi connectivity index (χ1n) is 13.4. The standard InChI is InChI=1S/C30H32ClN5O2/c1-30(18-37)10-6-24-20(17-32)14-19(15-25(24)30)26-7-11-33-29(34-26)35-27-16-21(31)2-5-28(27)38-23-8-12-36(13-9-23)22-3-4-22/h2,5,7,11,14-16,22-23,37H,3-4,6,8-10,12-13,18H2,1H3,(H,33,34,35). The van der Waals surface area contributed by atoms with Crippen molar-refractivity contribution >= 4 is 23.2 Å². The van der Waals surface area contributed by atoms with Gasteiger partial charge in [0.2, 0.25) is 5.95 Å². The molecular weight excluding hydrogens is 498 g/mol. The lowest BCUT2D eigenvalue weighted by Crippen LogP contribution is -2.39. The molecule has 2 aromatic carbocycles. The average Bonchev–Trinajstić information content (AvgIpc) is 3.74. The molecule has 0 bridgehead atoms. The average molecular weight is 530 g/mol. The van der Waals surface area contributed by atoms with Gasteiger partial charge in [0.05, 0.1) is 29.6 Å². The lowest BCUT2D eigenvalue weighted by atomic mass is 9.83. The summed E-state index contributed by atoms with van der Waals surface area (Å²) >= 11 is 6.35. The van der Waals surface area contributed by atoms with Crippen molar-refractivity contribution < 1.29 is 9.84 Å². The zero-order valence-corrected chi connectivity index (χ0v) is 22.3. The van der Waals surface area contributed by atoms with Gasteiger partial charge in [-0.1, -0.05) is 18.5 Å². The molecule has 38 heavy (non-hydrogen) atoms. The normalized spacial score (nSPS) is 21.6. The minimum absolute atomic E-state index is 0.0437. The first kappa shape index (κ1) is 25.1. The van der Waals surface area contributed by atoms with E-state index in [4.69, 9.17) is 21.3 Å². The number of nitriles is 1. The van der Waals surface area contributed by atoms with E-state index >= 15 is 0 Å². The van der Waals surface area contributed by atoms with Crippen molar-refractivity contribution in [2.45, 2.75) is 63.0 Å². The van der Waals surface area contributed by atoms with Gasteiger partial charge in [-0.15, -0.1) is 0 Å². The Morgan fingerprint density at radius 3 is 2.74 bits per heavy atom. The molecule has 0 radical (unpaired) electrons. The summed E-state index contributed by atoms with van der Waals surface area (Å²) in [6, 6.07) is 14.5. The molecule has 2 fully saturated rings. The van der Waals surface area contributed by atoms with Crippen LogP contribution in [-0.4, -0.2) is 51.8 Å². The van der Waals surface area contributed by atoms with Crippen molar-refractivity contribution in [2.75, 3.05) is 25.0 Å². The van der Waals surface area contributed by atoms with Crippen molar-refractivity contribution in [2.24, 2.45) is 0 Å². The van der Waals surface area contributed by atoms with Crippen LogP contribution >= 0.6 is 11.6 Å². The number of likely N-dealkylation sites (tertiary alicyclic amines) is 1. The maximum absolute atomic E-state index is 10.1. The fourth-order valence-electron chi connectivity index (χ4n) is 5.81. The Morgan fingerprint density at radius 1 is 1.18 bits per heavy atom. The summed E-state index contributed by atoms with van der Waals surface area (Å²) in [6.07, 6.45) is 8.17. The van der Waals surface area contributed by atoms with Gasteiger partial charge in [0.15, 0.2) is 0 Å². The van der Waals surface area contributed by atoms with Crippen LogP contribution in [0.3, 0.4) is 0 Å². The summed E-state index contributed by atoms with van der Waals surface area (Å²) in [5.74, 6) is 1.15. The van der Waals surface area contributed by atoms with Gasteiger partial charge in [0, 0.05) is 41.3 Å². The van der Waals surface area contributed by atoms with Crippen LogP contribution < -0.4 is 10.1 Å². The second-order valence-electron chi connectivity index (χ2n) is 11.0. The number of rotatable bonds is 7. The quantitative estimate of drug-likeness (QED) is 0.410. The predicted molar refractivity (Wildman–Crippen MR) is 148 cm³/mol. The van der Waals surface area contributed by atoms with Crippen LogP contribution in [0.25, 0.3) is 11.3 Å². The van der Waals surface area contributed by atoms with Gasteiger partial charge in [-0.3, -0.25) is 0 Å². The molecule has 196 valence electrons. The Labute approximate surface area is 228 Å². The lowest BCUT2D eigenvalue weighted by molar-refractivity contribution is 0.0971. The monoisotopic (exact) mass is 529 g/mol. The van der Waals surface area contributed by atoms with Gasteiger partial charge >= 0.3 is 0 Å². The van der Waals surface area contributed by atoms with E-state index < -0.39 is 0 Å². The molecule has 7 nitrogen and oxygen atoms in total. The minimum atomic E-state index is -0.354. The number of aliphatic hydroxyl groups is 1. The van der Waals surface area contributed by atoms with E-state index in [1.165, 1.54) is 12.8 Å². The molecule has 2 N–H and O–H groups in total. The molecule has 1 saturated heterocycles. The number of hydrogen-bond donors (Lipinski definition) is 2. The number of nitrogens with one attached hydrogen (secondary N) is 1. The molecule has 2 aliphatic carbocycles. The third kappa shape index (κ3) is 4.96. The molecule has 0 spiro atoms. The van der Waals surface area contributed by atoms with Gasteiger partial charge in [-0.05, 0) is 86.1 Å². The van der Waals surface area contributed by atoms with E-state index in [0.29, 0.717) is 22.2 Å². The Morgan fingerprint density at radius 2 is 2.00 bits per heavy atom. The second-order valence-corrected chi connectivity index (χ2v) is 11.4. The molecule has 3 aromatic rings. The zero-order chi connectivity index (χ0) is 26.3. The van der Waals surface area contributed by atoms with E-state index in [-0.39, 0.29) is 18.1 Å². The fraction of sp³-hybridized carbons (Fsp3) is 0.433. The van der Waals surface area contributed by atoms with Gasteiger partial charge in [-0.2, -0.15) is 5.26 Å². The first-order chi connectivity index (χ1) is 18.5. The largest absolute Gasteiger partial charge is 0.488 e. The predicted octanol–water partition coefficient (Wildman–Crippen LogP) is 5.61. The highest BCUT2D eigenvalue weighted by atomic mass is 35.5. The third-order valence-electron chi connectivity index (χ3n) is 8.27. The highest BCUT2D eigenvalue weighted by molar-refractivity contribution is 6.31. The molecule has 1 aromatic heterocycles. The summed E-state index contributed by atoms with van der Waals surface area (Å²) < 4.78 is 6.43. The maximum Gasteiger partial charge on any atom is 0.227 e. The molecule has 1 saturated carbocycles. The van der Waals surface area contributed by atoms with E-state index in [1.54, 1.807) is 6.20 Å². The van der Waals surface area contributed by atoms with Gasteiger partial charge in [0.25, 0.3) is 0 Å². The van der Waals surface area contributed by atoms with Crippen LogP contribution in [0.5, 0.6) is 5.75 Å². The number of fused-ring (bicyclic) bond motifs is 1. The van der Waals surface area contributed by atoms with E-state index in [2.05, 4.69) is 27.3 Å². The smallest absolute Gasteiger partial charge is 0.227 e. The van der Waals surface area contributed by atoms with Crippen LogP contribution in [0.15, 0.2) is 42.6 Å². The van der Waals surface area contributed by atoms with Crippen LogP contribution in [0.2, 0.25) is 5.02 Å². The number of halogens is 1. The van der Waals surface area contributed by atoms with E-state index in [1.807, 2.05) is 37.3 Å². The molecular formula is C30H32ClN5O2. The van der Waals surface area contributed by atoms with Crippen LogP contribution in [0.4, 0.5) is 11.6 Å². The summed E-state index contributed by atoms with van der Waals surface area (Å²) in [6.45, 7) is 4.25. The molecule has 6 rings (SSSR count). The number of aromatic nitrogens is 2. The number of nitrogens with zero attached hydrogens (tertiary/aromatic N) is 4. The molecule has 1 unspecified atom stereocenters. The fourth-order valence-corrected chi connectivity index (χ4v) is 5.98. The Kier molecular flexibility index (Phi) is 6.73. The maximum atomic E-state index is 10.1. The Balaban J connectivity index is 1.25.